The first-order valence-corrected chi connectivity index (χ1v) is 5.67. The molecule has 1 N–H and O–H groups in total. The van der Waals surface area contributed by atoms with Gasteiger partial charge in [-0.05, 0) is 24.5 Å². The van der Waals surface area contributed by atoms with E-state index in [1.807, 2.05) is 24.3 Å². The fourth-order valence-corrected chi connectivity index (χ4v) is 2.07. The fourth-order valence-electron chi connectivity index (χ4n) is 1.23. The summed E-state index contributed by atoms with van der Waals surface area (Å²) in [5, 5.41) is 9.45. The van der Waals surface area contributed by atoms with Crippen molar-refractivity contribution in [1.29, 1.82) is 0 Å². The van der Waals surface area contributed by atoms with Crippen molar-refractivity contribution >= 4 is 21.6 Å². The van der Waals surface area contributed by atoms with Gasteiger partial charge in [0.05, 0.1) is 10.2 Å². The van der Waals surface area contributed by atoms with Crippen molar-refractivity contribution in [2.75, 3.05) is 6.61 Å². The van der Waals surface area contributed by atoms with Crippen LogP contribution in [0.4, 0.5) is 0 Å². The lowest BCUT2D eigenvalue weighted by Gasteiger charge is -1.82. The van der Waals surface area contributed by atoms with Crippen LogP contribution < -0.4 is 0 Å². The van der Waals surface area contributed by atoms with E-state index < -0.39 is 0 Å². The van der Waals surface area contributed by atoms with Crippen LogP contribution in [0.3, 0.4) is 0 Å². The van der Waals surface area contributed by atoms with Gasteiger partial charge in [0.1, 0.15) is 0 Å². The summed E-state index contributed by atoms with van der Waals surface area (Å²) in [6.45, 7) is 0.203. The van der Waals surface area contributed by atoms with E-state index in [0.717, 1.165) is 23.4 Å². The molecular weight excluding hydrogens is 206 g/mol. The summed E-state index contributed by atoms with van der Waals surface area (Å²) in [7, 11) is 0. The van der Waals surface area contributed by atoms with Gasteiger partial charge in [-0.3, -0.25) is 0 Å². The largest absolute Gasteiger partial charge is 0.396 e. The van der Waals surface area contributed by atoms with Crippen molar-refractivity contribution in [3.63, 3.8) is 0 Å². The summed E-state index contributed by atoms with van der Waals surface area (Å²) in [5.41, 5.74) is 1.01. The smallest absolute Gasteiger partial charge is 0.168 e. The number of thiazole rings is 1. The normalized spacial score (nSPS) is 9.93. The van der Waals surface area contributed by atoms with Crippen molar-refractivity contribution in [3.05, 3.63) is 29.3 Å². The van der Waals surface area contributed by atoms with Gasteiger partial charge >= 0.3 is 0 Å². The van der Waals surface area contributed by atoms with E-state index in [-0.39, 0.29) is 6.61 Å². The maximum atomic E-state index is 8.60. The minimum atomic E-state index is 0.203. The Morgan fingerprint density at radius 1 is 1.33 bits per heavy atom. The first-order chi connectivity index (χ1) is 7.40. The average Bonchev–Trinajstić information content (AvgIpc) is 2.67. The highest BCUT2D eigenvalue weighted by atomic mass is 32.1. The standard InChI is InChI=1S/C12H11NOS/c14-9-5-1-2-8-12-13-10-6-3-4-7-11(10)15-12/h3-4,6-7,14H,1,5,9H2. The van der Waals surface area contributed by atoms with Gasteiger partial charge in [-0.25, -0.2) is 4.98 Å². The van der Waals surface area contributed by atoms with Crippen molar-refractivity contribution in [3.8, 4) is 11.8 Å². The number of unbranched alkanes of at least 4 members (excludes halogenated alkanes) is 1. The summed E-state index contributed by atoms with van der Waals surface area (Å²) in [5.74, 6) is 6.02. The molecular formula is C12H11NOS. The molecule has 2 nitrogen and oxygen atoms in total. The zero-order chi connectivity index (χ0) is 10.5. The van der Waals surface area contributed by atoms with E-state index in [1.165, 1.54) is 4.70 Å². The molecule has 0 saturated heterocycles. The molecule has 0 fully saturated rings. The molecule has 0 amide bonds. The minimum absolute atomic E-state index is 0.203. The summed E-state index contributed by atoms with van der Waals surface area (Å²) in [6.07, 6.45) is 1.46. The van der Waals surface area contributed by atoms with Gasteiger partial charge in [-0.1, -0.05) is 18.1 Å². The predicted octanol–water partition coefficient (Wildman–Crippen LogP) is 2.42. The Hall–Kier alpha value is -1.37. The van der Waals surface area contributed by atoms with Gasteiger partial charge in [0.25, 0.3) is 0 Å². The van der Waals surface area contributed by atoms with E-state index in [1.54, 1.807) is 11.3 Å². The van der Waals surface area contributed by atoms with Crippen molar-refractivity contribution in [1.82, 2.24) is 4.98 Å². The van der Waals surface area contributed by atoms with Gasteiger partial charge in [0.2, 0.25) is 0 Å². The third-order valence-electron chi connectivity index (χ3n) is 1.95. The molecule has 76 valence electrons. The molecule has 15 heavy (non-hydrogen) atoms. The molecule has 1 heterocycles. The van der Waals surface area contributed by atoms with E-state index >= 15 is 0 Å². The summed E-state index contributed by atoms with van der Waals surface area (Å²) < 4.78 is 1.17. The zero-order valence-electron chi connectivity index (χ0n) is 8.23. The van der Waals surface area contributed by atoms with Gasteiger partial charge < -0.3 is 5.11 Å². The number of hydrogen-bond acceptors (Lipinski definition) is 3. The molecule has 0 bridgehead atoms. The minimum Gasteiger partial charge on any atom is -0.396 e. The lowest BCUT2D eigenvalue weighted by molar-refractivity contribution is 0.290. The zero-order valence-corrected chi connectivity index (χ0v) is 9.05. The molecule has 1 aromatic carbocycles. The molecule has 0 aliphatic carbocycles. The second-order valence-electron chi connectivity index (χ2n) is 3.12. The van der Waals surface area contributed by atoms with Crippen LogP contribution in [0.15, 0.2) is 24.3 Å². The molecule has 2 rings (SSSR count). The van der Waals surface area contributed by atoms with Gasteiger partial charge in [-0.2, -0.15) is 0 Å². The molecule has 0 unspecified atom stereocenters. The number of nitrogens with zero attached hydrogens (tertiary/aromatic N) is 1. The first-order valence-electron chi connectivity index (χ1n) is 4.85. The highest BCUT2D eigenvalue weighted by molar-refractivity contribution is 7.19. The van der Waals surface area contributed by atoms with Crippen LogP contribution in [-0.4, -0.2) is 16.7 Å². The molecule has 0 radical (unpaired) electrons. The second kappa shape index (κ2) is 4.92. The Morgan fingerprint density at radius 2 is 2.20 bits per heavy atom. The second-order valence-corrected chi connectivity index (χ2v) is 4.15. The molecule has 3 heteroatoms. The number of fused-ring (bicyclic) bond motifs is 1. The summed E-state index contributed by atoms with van der Waals surface area (Å²) in [6, 6.07) is 8.02. The summed E-state index contributed by atoms with van der Waals surface area (Å²) in [4.78, 5) is 4.39. The van der Waals surface area contributed by atoms with Crippen LogP contribution in [0.2, 0.25) is 0 Å². The number of aliphatic hydroxyl groups is 1. The average molecular weight is 217 g/mol. The number of benzene rings is 1. The predicted molar refractivity (Wildman–Crippen MR) is 62.8 cm³/mol. The maximum Gasteiger partial charge on any atom is 0.168 e. The Morgan fingerprint density at radius 3 is 3.00 bits per heavy atom. The fraction of sp³-hybridized carbons (Fsp3) is 0.250. The van der Waals surface area contributed by atoms with Gasteiger partial charge in [0, 0.05) is 13.0 Å². The van der Waals surface area contributed by atoms with E-state index in [4.69, 9.17) is 5.11 Å². The van der Waals surface area contributed by atoms with Crippen molar-refractivity contribution in [2.45, 2.75) is 12.8 Å². The quantitative estimate of drug-likeness (QED) is 0.619. The lowest BCUT2D eigenvalue weighted by atomic mass is 10.3. The Balaban J connectivity index is 2.17. The van der Waals surface area contributed by atoms with Crippen LogP contribution in [0.1, 0.15) is 17.8 Å². The number of aromatic nitrogens is 1. The third kappa shape index (κ3) is 2.56. The Labute approximate surface area is 92.6 Å². The van der Waals surface area contributed by atoms with Crippen LogP contribution in [0, 0.1) is 11.8 Å². The van der Waals surface area contributed by atoms with Gasteiger partial charge in [-0.15, -0.1) is 11.3 Å². The number of hydrogen-bond donors (Lipinski definition) is 1. The Kier molecular flexibility index (Phi) is 3.33. The van der Waals surface area contributed by atoms with Crippen LogP contribution >= 0.6 is 11.3 Å². The SMILES string of the molecule is OCCCC#Cc1nc2ccccc2s1. The van der Waals surface area contributed by atoms with E-state index in [2.05, 4.69) is 16.8 Å². The molecule has 0 aliphatic heterocycles. The monoisotopic (exact) mass is 217 g/mol. The molecule has 0 spiro atoms. The highest BCUT2D eigenvalue weighted by Gasteiger charge is 1.98. The first kappa shape index (κ1) is 10.2. The maximum absolute atomic E-state index is 8.60. The molecule has 2 aromatic rings. The number of aliphatic hydroxyl groups excluding tert-OH is 1. The Bertz CT molecular complexity index is 474. The van der Waals surface area contributed by atoms with Crippen molar-refractivity contribution < 1.29 is 5.11 Å². The van der Waals surface area contributed by atoms with E-state index in [0.29, 0.717) is 0 Å². The van der Waals surface area contributed by atoms with Crippen molar-refractivity contribution in [2.24, 2.45) is 0 Å². The molecule has 0 atom stereocenters. The summed E-state index contributed by atoms with van der Waals surface area (Å²) >= 11 is 1.61. The van der Waals surface area contributed by atoms with Gasteiger partial charge in [0.15, 0.2) is 5.01 Å². The van der Waals surface area contributed by atoms with Crippen LogP contribution in [0.5, 0.6) is 0 Å². The topological polar surface area (TPSA) is 33.1 Å². The van der Waals surface area contributed by atoms with E-state index in [9.17, 15) is 0 Å². The highest BCUT2D eigenvalue weighted by Crippen LogP contribution is 2.20. The number of para-hydroxylation sites is 1. The lowest BCUT2D eigenvalue weighted by Crippen LogP contribution is -1.78. The molecule has 0 aliphatic rings. The number of rotatable bonds is 2. The van der Waals surface area contributed by atoms with Crippen LogP contribution in [0.25, 0.3) is 10.2 Å². The molecule has 0 saturated carbocycles. The third-order valence-corrected chi connectivity index (χ3v) is 2.90. The van der Waals surface area contributed by atoms with Crippen LogP contribution in [-0.2, 0) is 0 Å². The molecule has 1 aromatic heterocycles.